The number of allylic oxidation sites excluding steroid dienone is 1. The number of nitrogens with zero attached hydrogens (tertiary/aromatic N) is 1. The van der Waals surface area contributed by atoms with Gasteiger partial charge >= 0.3 is 11.9 Å². The molecule has 0 aromatic heterocycles. The minimum Gasteiger partial charge on any atom is -0.459 e. The molecule has 0 bridgehead atoms. The van der Waals surface area contributed by atoms with Gasteiger partial charge in [0.15, 0.2) is 5.60 Å². The van der Waals surface area contributed by atoms with Crippen molar-refractivity contribution in [1.82, 2.24) is 4.90 Å². The molecule has 0 spiro atoms. The molecule has 6 heteroatoms. The van der Waals surface area contributed by atoms with Gasteiger partial charge in [-0.15, -0.1) is 0 Å². The number of esters is 2. The number of ether oxygens (including phenoxy) is 2. The van der Waals surface area contributed by atoms with Crippen LogP contribution in [0, 0.1) is 0 Å². The molecule has 1 N–H and O–H groups in total. The van der Waals surface area contributed by atoms with Crippen molar-refractivity contribution in [3.05, 3.63) is 35.5 Å². The van der Waals surface area contributed by atoms with Gasteiger partial charge in [-0.25, -0.2) is 9.59 Å². The minimum absolute atomic E-state index is 0.0487. The summed E-state index contributed by atoms with van der Waals surface area (Å²) in [5.41, 5.74) is -0.330. The maximum atomic E-state index is 12.5. The molecule has 3 rings (SSSR count). The average Bonchev–Trinajstić information content (AvgIpc) is 3.12. The molecule has 24 heavy (non-hydrogen) atoms. The zero-order valence-corrected chi connectivity index (χ0v) is 14.1. The van der Waals surface area contributed by atoms with Gasteiger partial charge in [0, 0.05) is 25.1 Å². The van der Waals surface area contributed by atoms with Crippen LogP contribution in [0.25, 0.3) is 0 Å². The van der Waals surface area contributed by atoms with E-state index < -0.39 is 17.5 Å². The van der Waals surface area contributed by atoms with Gasteiger partial charge in [-0.1, -0.05) is 18.7 Å². The Balaban J connectivity index is 1.92. The van der Waals surface area contributed by atoms with E-state index in [2.05, 4.69) is 11.5 Å². The zero-order chi connectivity index (χ0) is 17.5. The second-order valence-electron chi connectivity index (χ2n) is 6.69. The van der Waals surface area contributed by atoms with E-state index in [0.717, 1.165) is 25.1 Å². The molecule has 0 aromatic carbocycles. The second kappa shape index (κ2) is 6.18. The lowest BCUT2D eigenvalue weighted by molar-refractivity contribution is -0.160. The Labute approximate surface area is 141 Å². The van der Waals surface area contributed by atoms with Gasteiger partial charge in [0.25, 0.3) is 0 Å². The SMILES string of the molecule is C=C1C/C(=C\C)C(=O)O[C@@H]2CCN3CC=C(COC(=O)[C@@]1(C)O)[C@@H]23. The normalized spacial score (nSPS) is 36.5. The van der Waals surface area contributed by atoms with Gasteiger partial charge in [-0.05, 0) is 31.4 Å². The molecule has 0 saturated carbocycles. The van der Waals surface area contributed by atoms with Crippen molar-refractivity contribution >= 4 is 11.9 Å². The van der Waals surface area contributed by atoms with Crippen LogP contribution in [0.4, 0.5) is 0 Å². The Morgan fingerprint density at radius 3 is 2.92 bits per heavy atom. The van der Waals surface area contributed by atoms with Gasteiger partial charge in [0.05, 0.1) is 6.04 Å². The number of rotatable bonds is 0. The van der Waals surface area contributed by atoms with E-state index in [4.69, 9.17) is 9.47 Å². The smallest absolute Gasteiger partial charge is 0.342 e. The Bertz CT molecular complexity index is 646. The van der Waals surface area contributed by atoms with Crippen LogP contribution in [0.3, 0.4) is 0 Å². The number of carbonyl (C=O) groups is 2. The zero-order valence-electron chi connectivity index (χ0n) is 14.1. The van der Waals surface area contributed by atoms with Gasteiger partial charge in [-0.3, -0.25) is 4.90 Å². The van der Waals surface area contributed by atoms with Gasteiger partial charge in [-0.2, -0.15) is 0 Å². The Hall–Kier alpha value is -1.92. The highest BCUT2D eigenvalue weighted by molar-refractivity contribution is 5.90. The van der Waals surface area contributed by atoms with E-state index in [1.165, 1.54) is 6.92 Å². The molecule has 6 nitrogen and oxygen atoms in total. The lowest BCUT2D eigenvalue weighted by Crippen LogP contribution is -2.42. The summed E-state index contributed by atoms with van der Waals surface area (Å²) in [6, 6.07) is -0.0487. The van der Waals surface area contributed by atoms with E-state index in [9.17, 15) is 14.7 Å². The predicted molar refractivity (Wildman–Crippen MR) is 87.0 cm³/mol. The molecule has 3 aliphatic heterocycles. The van der Waals surface area contributed by atoms with E-state index in [1.807, 2.05) is 6.08 Å². The highest BCUT2D eigenvalue weighted by atomic mass is 16.6. The van der Waals surface area contributed by atoms with Gasteiger partial charge < -0.3 is 14.6 Å². The highest BCUT2D eigenvalue weighted by Crippen LogP contribution is 2.33. The molecule has 0 aromatic rings. The molecule has 0 amide bonds. The van der Waals surface area contributed by atoms with Crippen LogP contribution in [0.5, 0.6) is 0 Å². The summed E-state index contributed by atoms with van der Waals surface area (Å²) in [6.07, 6.45) is 4.23. The van der Waals surface area contributed by atoms with E-state index in [1.54, 1.807) is 13.0 Å². The van der Waals surface area contributed by atoms with Crippen LogP contribution in [0.2, 0.25) is 0 Å². The third-order valence-corrected chi connectivity index (χ3v) is 5.14. The fourth-order valence-electron chi connectivity index (χ4n) is 3.47. The van der Waals surface area contributed by atoms with Crippen molar-refractivity contribution in [2.24, 2.45) is 0 Å². The largest absolute Gasteiger partial charge is 0.459 e. The molecule has 2 fully saturated rings. The maximum Gasteiger partial charge on any atom is 0.342 e. The van der Waals surface area contributed by atoms with Crippen molar-refractivity contribution in [2.75, 3.05) is 19.7 Å². The Morgan fingerprint density at radius 1 is 1.46 bits per heavy atom. The summed E-state index contributed by atoms with van der Waals surface area (Å²) in [6.45, 7) is 8.53. The van der Waals surface area contributed by atoms with Crippen LogP contribution in [-0.4, -0.2) is 59.4 Å². The number of hydrogen-bond donors (Lipinski definition) is 1. The third-order valence-electron chi connectivity index (χ3n) is 5.14. The molecule has 130 valence electrons. The van der Waals surface area contributed by atoms with Crippen LogP contribution in [0.1, 0.15) is 26.7 Å². The summed E-state index contributed by atoms with van der Waals surface area (Å²) in [4.78, 5) is 27.0. The molecule has 3 atom stereocenters. The highest BCUT2D eigenvalue weighted by Gasteiger charge is 2.44. The molecule has 0 radical (unpaired) electrons. The number of aliphatic hydroxyl groups is 1. The third kappa shape index (κ3) is 2.80. The topological polar surface area (TPSA) is 76.1 Å². The number of cyclic esters (lactones) is 1. The monoisotopic (exact) mass is 333 g/mol. The van der Waals surface area contributed by atoms with Gasteiger partial charge in [0.1, 0.15) is 12.7 Å². The fourth-order valence-corrected chi connectivity index (χ4v) is 3.47. The van der Waals surface area contributed by atoms with Crippen LogP contribution in [-0.2, 0) is 19.1 Å². The van der Waals surface area contributed by atoms with Crippen LogP contribution < -0.4 is 0 Å². The Kier molecular flexibility index (Phi) is 4.36. The molecule has 0 aliphatic carbocycles. The molecular weight excluding hydrogens is 310 g/mol. The first-order chi connectivity index (χ1) is 11.3. The first kappa shape index (κ1) is 16.9. The lowest BCUT2D eigenvalue weighted by Gasteiger charge is -2.28. The number of carbonyl (C=O) groups excluding carboxylic acids is 2. The average molecular weight is 333 g/mol. The van der Waals surface area contributed by atoms with Crippen LogP contribution in [0.15, 0.2) is 35.5 Å². The van der Waals surface area contributed by atoms with E-state index in [-0.39, 0.29) is 30.7 Å². The van der Waals surface area contributed by atoms with Crippen molar-refractivity contribution in [3.63, 3.8) is 0 Å². The predicted octanol–water partition coefficient (Wildman–Crippen LogP) is 1.11. The summed E-state index contributed by atoms with van der Waals surface area (Å²) < 4.78 is 11.1. The molecule has 3 aliphatic rings. The fraction of sp³-hybridized carbons (Fsp3) is 0.556. The first-order valence-electron chi connectivity index (χ1n) is 8.21. The van der Waals surface area contributed by atoms with Crippen LogP contribution >= 0.6 is 0 Å². The summed E-state index contributed by atoms with van der Waals surface area (Å²) >= 11 is 0. The minimum atomic E-state index is -1.85. The van der Waals surface area contributed by atoms with Crippen molar-refractivity contribution in [2.45, 2.75) is 44.4 Å². The maximum absolute atomic E-state index is 12.5. The van der Waals surface area contributed by atoms with Gasteiger partial charge in [0.2, 0.25) is 0 Å². The first-order valence-corrected chi connectivity index (χ1v) is 8.21. The standard InChI is InChI=1S/C18H23NO5/c1-4-12-9-11(2)18(3,22)17(21)23-10-13-5-7-19-8-6-14(15(13)19)24-16(12)20/h4-5,14-15,22H,2,6-10H2,1,3H3/b12-4+/t14-,15+,18+/m1/s1. The molecular formula is C18H23NO5. The number of hydrogen-bond acceptors (Lipinski definition) is 6. The van der Waals surface area contributed by atoms with E-state index >= 15 is 0 Å². The van der Waals surface area contributed by atoms with Crippen molar-refractivity contribution < 1.29 is 24.2 Å². The van der Waals surface area contributed by atoms with Crippen molar-refractivity contribution in [3.8, 4) is 0 Å². The quantitative estimate of drug-likeness (QED) is 0.407. The molecule has 2 saturated heterocycles. The Morgan fingerprint density at radius 2 is 2.21 bits per heavy atom. The van der Waals surface area contributed by atoms with Crippen molar-refractivity contribution in [1.29, 1.82) is 0 Å². The lowest BCUT2D eigenvalue weighted by atomic mass is 9.91. The molecule has 0 unspecified atom stereocenters. The summed E-state index contributed by atoms with van der Waals surface area (Å²) in [5, 5.41) is 10.5. The molecule has 3 heterocycles. The summed E-state index contributed by atoms with van der Waals surface area (Å²) in [7, 11) is 0. The van der Waals surface area contributed by atoms with E-state index in [0.29, 0.717) is 5.57 Å². The summed E-state index contributed by atoms with van der Waals surface area (Å²) in [5.74, 6) is -1.16. The second-order valence-corrected chi connectivity index (χ2v) is 6.69.